The summed E-state index contributed by atoms with van der Waals surface area (Å²) in [5, 5.41) is 3.42. The van der Waals surface area contributed by atoms with Crippen molar-refractivity contribution in [2.75, 3.05) is 19.7 Å². The Balaban J connectivity index is 1.83. The average molecular weight is 255 g/mol. The Kier molecular flexibility index (Phi) is 9.59. The first kappa shape index (κ1) is 16.0. The fourth-order valence-electron chi connectivity index (χ4n) is 2.65. The molecule has 18 heavy (non-hydrogen) atoms. The molecular formula is C16H33NO. The molecule has 1 rings (SSSR count). The van der Waals surface area contributed by atoms with Gasteiger partial charge >= 0.3 is 0 Å². The summed E-state index contributed by atoms with van der Waals surface area (Å²) in [7, 11) is 0. The first-order valence-corrected chi connectivity index (χ1v) is 8.17. The number of rotatable bonds is 10. The highest BCUT2D eigenvalue weighted by molar-refractivity contribution is 4.75. The summed E-state index contributed by atoms with van der Waals surface area (Å²) >= 11 is 0. The summed E-state index contributed by atoms with van der Waals surface area (Å²) in [6.07, 6.45) is 12.8. The van der Waals surface area contributed by atoms with Gasteiger partial charge in [0, 0.05) is 13.2 Å². The normalized spacial score (nSPS) is 24.3. The van der Waals surface area contributed by atoms with Crippen molar-refractivity contribution in [2.24, 2.45) is 5.92 Å². The van der Waals surface area contributed by atoms with Crippen molar-refractivity contribution < 1.29 is 4.74 Å². The molecule has 0 bridgehead atoms. The van der Waals surface area contributed by atoms with Crippen LogP contribution in [0.2, 0.25) is 0 Å². The van der Waals surface area contributed by atoms with Crippen molar-refractivity contribution >= 4 is 0 Å². The Morgan fingerprint density at radius 2 is 1.67 bits per heavy atom. The summed E-state index contributed by atoms with van der Waals surface area (Å²) in [5.74, 6) is 0.736. The van der Waals surface area contributed by atoms with E-state index in [-0.39, 0.29) is 0 Å². The van der Waals surface area contributed by atoms with Gasteiger partial charge in [0.15, 0.2) is 0 Å². The number of unbranched alkanes of at least 4 members (excludes halogenated alkanes) is 7. The minimum absolute atomic E-state index is 0.461. The zero-order chi connectivity index (χ0) is 13.1. The SMILES string of the molecule is CCCCCCCCCCOC1CNCCC1C. The molecule has 0 spiro atoms. The highest BCUT2D eigenvalue weighted by Crippen LogP contribution is 2.15. The van der Waals surface area contributed by atoms with Crippen LogP contribution in [0, 0.1) is 5.92 Å². The van der Waals surface area contributed by atoms with Gasteiger partial charge in [0.25, 0.3) is 0 Å². The molecule has 1 fully saturated rings. The van der Waals surface area contributed by atoms with Crippen LogP contribution in [0.1, 0.15) is 71.6 Å². The van der Waals surface area contributed by atoms with Crippen LogP contribution in [-0.2, 0) is 4.74 Å². The van der Waals surface area contributed by atoms with Gasteiger partial charge in [0.1, 0.15) is 0 Å². The topological polar surface area (TPSA) is 21.3 Å². The maximum Gasteiger partial charge on any atom is 0.0725 e. The smallest absolute Gasteiger partial charge is 0.0725 e. The van der Waals surface area contributed by atoms with Gasteiger partial charge in [-0.05, 0) is 25.3 Å². The largest absolute Gasteiger partial charge is 0.377 e. The van der Waals surface area contributed by atoms with Gasteiger partial charge in [-0.3, -0.25) is 0 Å². The lowest BCUT2D eigenvalue weighted by Crippen LogP contribution is -2.41. The molecule has 0 radical (unpaired) electrons. The first-order chi connectivity index (χ1) is 8.84. The number of ether oxygens (including phenoxy) is 1. The molecule has 2 unspecified atom stereocenters. The van der Waals surface area contributed by atoms with Crippen LogP contribution < -0.4 is 5.32 Å². The number of hydrogen-bond acceptors (Lipinski definition) is 2. The number of nitrogens with one attached hydrogen (secondary N) is 1. The molecule has 1 N–H and O–H groups in total. The molecule has 1 aliphatic heterocycles. The molecule has 0 aromatic rings. The quantitative estimate of drug-likeness (QED) is 0.592. The van der Waals surface area contributed by atoms with Crippen LogP contribution in [0.4, 0.5) is 0 Å². The van der Waals surface area contributed by atoms with Gasteiger partial charge in [0.2, 0.25) is 0 Å². The van der Waals surface area contributed by atoms with Gasteiger partial charge in [-0.15, -0.1) is 0 Å². The highest BCUT2D eigenvalue weighted by atomic mass is 16.5. The van der Waals surface area contributed by atoms with Crippen LogP contribution in [-0.4, -0.2) is 25.8 Å². The van der Waals surface area contributed by atoms with Crippen LogP contribution in [0.15, 0.2) is 0 Å². The van der Waals surface area contributed by atoms with Gasteiger partial charge in [-0.2, -0.15) is 0 Å². The lowest BCUT2D eigenvalue weighted by Gasteiger charge is -2.29. The lowest BCUT2D eigenvalue weighted by atomic mass is 9.97. The van der Waals surface area contributed by atoms with Crippen LogP contribution in [0.25, 0.3) is 0 Å². The van der Waals surface area contributed by atoms with Crippen LogP contribution >= 0.6 is 0 Å². The van der Waals surface area contributed by atoms with E-state index in [9.17, 15) is 0 Å². The third-order valence-corrected chi connectivity index (χ3v) is 4.09. The van der Waals surface area contributed by atoms with Crippen LogP contribution in [0.3, 0.4) is 0 Å². The van der Waals surface area contributed by atoms with Gasteiger partial charge < -0.3 is 10.1 Å². The van der Waals surface area contributed by atoms with E-state index in [2.05, 4.69) is 19.2 Å². The Labute approximate surface area is 114 Å². The Bertz CT molecular complexity index is 184. The van der Waals surface area contributed by atoms with Gasteiger partial charge in [-0.1, -0.05) is 58.8 Å². The Hall–Kier alpha value is -0.0800. The van der Waals surface area contributed by atoms with Crippen molar-refractivity contribution in [3.63, 3.8) is 0 Å². The second-order valence-corrected chi connectivity index (χ2v) is 5.85. The van der Waals surface area contributed by atoms with Crippen molar-refractivity contribution in [3.8, 4) is 0 Å². The molecule has 2 atom stereocenters. The molecule has 1 saturated heterocycles. The summed E-state index contributed by atoms with van der Waals surface area (Å²) in [4.78, 5) is 0. The molecule has 0 aliphatic carbocycles. The monoisotopic (exact) mass is 255 g/mol. The van der Waals surface area contributed by atoms with E-state index in [0.29, 0.717) is 6.10 Å². The molecule has 1 aliphatic rings. The molecule has 108 valence electrons. The Morgan fingerprint density at radius 1 is 1.00 bits per heavy atom. The lowest BCUT2D eigenvalue weighted by molar-refractivity contribution is 0.00235. The van der Waals surface area contributed by atoms with E-state index in [1.165, 1.54) is 64.3 Å². The molecule has 0 aromatic carbocycles. The van der Waals surface area contributed by atoms with E-state index in [1.54, 1.807) is 0 Å². The molecule has 0 saturated carbocycles. The van der Waals surface area contributed by atoms with E-state index >= 15 is 0 Å². The van der Waals surface area contributed by atoms with Crippen molar-refractivity contribution in [3.05, 3.63) is 0 Å². The summed E-state index contributed by atoms with van der Waals surface area (Å²) in [6.45, 7) is 7.78. The predicted molar refractivity (Wildman–Crippen MR) is 79.0 cm³/mol. The van der Waals surface area contributed by atoms with Gasteiger partial charge in [-0.25, -0.2) is 0 Å². The van der Waals surface area contributed by atoms with Crippen LogP contribution in [0.5, 0.6) is 0 Å². The Morgan fingerprint density at radius 3 is 2.33 bits per heavy atom. The minimum atomic E-state index is 0.461. The standard InChI is InChI=1S/C16H33NO/c1-3-4-5-6-7-8-9-10-13-18-16-14-17-12-11-15(16)2/h15-17H,3-14H2,1-2H3. The zero-order valence-electron chi connectivity index (χ0n) is 12.5. The van der Waals surface area contributed by atoms with Gasteiger partial charge in [0.05, 0.1) is 6.10 Å². The average Bonchev–Trinajstić information content (AvgIpc) is 2.39. The third kappa shape index (κ3) is 7.38. The number of hydrogen-bond donors (Lipinski definition) is 1. The second kappa shape index (κ2) is 10.8. The maximum atomic E-state index is 5.98. The van der Waals surface area contributed by atoms with Crippen molar-refractivity contribution in [1.29, 1.82) is 0 Å². The molecule has 0 amide bonds. The third-order valence-electron chi connectivity index (χ3n) is 4.09. The fraction of sp³-hybridized carbons (Fsp3) is 1.00. The van der Waals surface area contributed by atoms with E-state index in [4.69, 9.17) is 4.74 Å². The van der Waals surface area contributed by atoms with E-state index < -0.39 is 0 Å². The zero-order valence-corrected chi connectivity index (χ0v) is 12.5. The predicted octanol–water partition coefficient (Wildman–Crippen LogP) is 4.14. The molecule has 2 nitrogen and oxygen atoms in total. The molecule has 0 aromatic heterocycles. The van der Waals surface area contributed by atoms with Crippen molar-refractivity contribution in [1.82, 2.24) is 5.32 Å². The number of piperidine rings is 1. The molecular weight excluding hydrogens is 222 g/mol. The maximum absolute atomic E-state index is 5.98. The second-order valence-electron chi connectivity index (χ2n) is 5.85. The van der Waals surface area contributed by atoms with Crippen molar-refractivity contribution in [2.45, 2.75) is 77.7 Å². The van der Waals surface area contributed by atoms with E-state index in [1.807, 2.05) is 0 Å². The summed E-state index contributed by atoms with van der Waals surface area (Å²) in [6, 6.07) is 0. The molecule has 1 heterocycles. The summed E-state index contributed by atoms with van der Waals surface area (Å²) in [5.41, 5.74) is 0. The van der Waals surface area contributed by atoms with E-state index in [0.717, 1.165) is 19.1 Å². The minimum Gasteiger partial charge on any atom is -0.377 e. The summed E-state index contributed by atoms with van der Waals surface area (Å²) < 4.78 is 5.98. The fourth-order valence-corrected chi connectivity index (χ4v) is 2.65. The molecule has 2 heteroatoms. The first-order valence-electron chi connectivity index (χ1n) is 8.17. The highest BCUT2D eigenvalue weighted by Gasteiger charge is 2.20.